The Kier molecular flexibility index (Phi) is 4.46. The van der Waals surface area contributed by atoms with Gasteiger partial charge < -0.3 is 14.2 Å². The van der Waals surface area contributed by atoms with Crippen molar-refractivity contribution >= 4 is 45.0 Å². The normalized spacial score (nSPS) is 10.3. The minimum atomic E-state index is -0.540. The predicted molar refractivity (Wildman–Crippen MR) is 75.7 cm³/mol. The Balaban J connectivity index is 2.50. The van der Waals surface area contributed by atoms with Crippen molar-refractivity contribution < 1.29 is 23.8 Å². The summed E-state index contributed by atoms with van der Waals surface area (Å²) in [6.07, 6.45) is 0. The van der Waals surface area contributed by atoms with Gasteiger partial charge in [0.1, 0.15) is 0 Å². The number of benzene rings is 1. The number of rotatable bonds is 4. The SMILES string of the molecule is COC(=O)COc1c(C(=O)OC)sc2c(Cl)cccc12. The number of hydrogen-bond donors (Lipinski definition) is 0. The number of carbonyl (C=O) groups excluding carboxylic acids is 2. The van der Waals surface area contributed by atoms with Gasteiger partial charge in [0.15, 0.2) is 17.2 Å². The molecule has 106 valence electrons. The van der Waals surface area contributed by atoms with Crippen LogP contribution in [0.25, 0.3) is 10.1 Å². The molecule has 0 unspecified atom stereocenters. The van der Waals surface area contributed by atoms with Crippen molar-refractivity contribution in [3.05, 3.63) is 28.1 Å². The highest BCUT2D eigenvalue weighted by molar-refractivity contribution is 7.21. The number of fused-ring (bicyclic) bond motifs is 1. The number of carbonyl (C=O) groups is 2. The van der Waals surface area contributed by atoms with E-state index in [-0.39, 0.29) is 17.2 Å². The van der Waals surface area contributed by atoms with E-state index in [1.807, 2.05) is 0 Å². The number of hydrogen-bond acceptors (Lipinski definition) is 6. The molecule has 0 N–H and O–H groups in total. The van der Waals surface area contributed by atoms with Crippen molar-refractivity contribution in [2.24, 2.45) is 0 Å². The van der Waals surface area contributed by atoms with Crippen molar-refractivity contribution in [3.8, 4) is 5.75 Å². The van der Waals surface area contributed by atoms with Gasteiger partial charge in [-0.3, -0.25) is 0 Å². The van der Waals surface area contributed by atoms with E-state index in [0.717, 1.165) is 11.3 Å². The number of esters is 2. The zero-order valence-corrected chi connectivity index (χ0v) is 12.3. The van der Waals surface area contributed by atoms with Gasteiger partial charge in [0.05, 0.1) is 23.9 Å². The van der Waals surface area contributed by atoms with Gasteiger partial charge in [0.25, 0.3) is 0 Å². The van der Waals surface area contributed by atoms with Gasteiger partial charge in [0, 0.05) is 5.39 Å². The third-order valence-corrected chi connectivity index (χ3v) is 4.18. The third-order valence-electron chi connectivity index (χ3n) is 2.55. The Hall–Kier alpha value is -1.79. The molecule has 0 amide bonds. The average Bonchev–Trinajstić information content (AvgIpc) is 2.84. The first-order chi connectivity index (χ1) is 9.58. The Morgan fingerprint density at radius 1 is 1.25 bits per heavy atom. The van der Waals surface area contributed by atoms with Crippen LogP contribution in [0, 0.1) is 0 Å². The van der Waals surface area contributed by atoms with Crippen LogP contribution in [0.1, 0.15) is 9.67 Å². The number of thiophene rings is 1. The fourth-order valence-corrected chi connectivity index (χ4v) is 2.98. The summed E-state index contributed by atoms with van der Waals surface area (Å²) >= 11 is 7.25. The lowest BCUT2D eigenvalue weighted by molar-refractivity contribution is -0.142. The summed E-state index contributed by atoms with van der Waals surface area (Å²) in [5, 5.41) is 1.16. The van der Waals surface area contributed by atoms with Crippen LogP contribution >= 0.6 is 22.9 Å². The summed E-state index contributed by atoms with van der Waals surface area (Å²) in [5.41, 5.74) is 0. The number of halogens is 1. The minimum absolute atomic E-state index is 0.263. The molecular formula is C13H11ClO5S. The molecule has 0 bridgehead atoms. The molecule has 0 aliphatic rings. The minimum Gasteiger partial charge on any atom is -0.479 e. The lowest BCUT2D eigenvalue weighted by Crippen LogP contribution is -2.13. The van der Waals surface area contributed by atoms with E-state index in [0.29, 0.717) is 15.1 Å². The molecule has 2 aromatic rings. The van der Waals surface area contributed by atoms with Crippen molar-refractivity contribution in [2.75, 3.05) is 20.8 Å². The van der Waals surface area contributed by atoms with Crippen LogP contribution in [0.4, 0.5) is 0 Å². The van der Waals surface area contributed by atoms with Gasteiger partial charge in [-0.2, -0.15) is 0 Å². The van der Waals surface area contributed by atoms with Crippen LogP contribution in [0.3, 0.4) is 0 Å². The van der Waals surface area contributed by atoms with E-state index >= 15 is 0 Å². The summed E-state index contributed by atoms with van der Waals surface area (Å²) in [4.78, 5) is 23.2. The van der Waals surface area contributed by atoms with E-state index in [2.05, 4.69) is 4.74 Å². The highest BCUT2D eigenvalue weighted by Gasteiger charge is 2.22. The molecule has 20 heavy (non-hydrogen) atoms. The molecule has 0 aliphatic carbocycles. The topological polar surface area (TPSA) is 61.8 Å². The van der Waals surface area contributed by atoms with Gasteiger partial charge in [-0.1, -0.05) is 17.7 Å². The van der Waals surface area contributed by atoms with Gasteiger partial charge in [-0.05, 0) is 12.1 Å². The summed E-state index contributed by atoms with van der Waals surface area (Å²) in [6.45, 7) is -0.293. The molecule has 1 aromatic heterocycles. The first-order valence-electron chi connectivity index (χ1n) is 5.57. The summed E-state index contributed by atoms with van der Waals surface area (Å²) in [5.74, 6) is -0.797. The van der Waals surface area contributed by atoms with Gasteiger partial charge in [-0.15, -0.1) is 11.3 Å². The van der Waals surface area contributed by atoms with E-state index in [9.17, 15) is 9.59 Å². The Bertz CT molecular complexity index is 664. The van der Waals surface area contributed by atoms with Gasteiger partial charge >= 0.3 is 11.9 Å². The molecule has 0 spiro atoms. The van der Waals surface area contributed by atoms with Crippen molar-refractivity contribution in [1.82, 2.24) is 0 Å². The largest absolute Gasteiger partial charge is 0.479 e. The van der Waals surface area contributed by atoms with E-state index in [1.54, 1.807) is 18.2 Å². The first-order valence-corrected chi connectivity index (χ1v) is 6.77. The Morgan fingerprint density at radius 2 is 2.00 bits per heavy atom. The highest BCUT2D eigenvalue weighted by atomic mass is 35.5. The van der Waals surface area contributed by atoms with Crippen LogP contribution in [-0.2, 0) is 14.3 Å². The standard InChI is InChI=1S/C13H11ClO5S/c1-17-9(15)6-19-10-7-4-3-5-8(14)11(7)20-12(10)13(16)18-2/h3-5H,6H2,1-2H3. The van der Waals surface area contributed by atoms with E-state index in [1.165, 1.54) is 14.2 Å². The second-order valence-corrected chi connectivity index (χ2v) is 5.16. The lowest BCUT2D eigenvalue weighted by Gasteiger charge is -2.05. The van der Waals surface area contributed by atoms with Crippen LogP contribution < -0.4 is 4.74 Å². The number of ether oxygens (including phenoxy) is 3. The zero-order chi connectivity index (χ0) is 14.7. The quantitative estimate of drug-likeness (QED) is 0.812. The maximum absolute atomic E-state index is 11.8. The van der Waals surface area contributed by atoms with Crippen LogP contribution in [0.5, 0.6) is 5.75 Å². The van der Waals surface area contributed by atoms with Gasteiger partial charge in [-0.25, -0.2) is 9.59 Å². The molecule has 0 radical (unpaired) electrons. The molecule has 2 rings (SSSR count). The Morgan fingerprint density at radius 3 is 2.65 bits per heavy atom. The number of methoxy groups -OCH3 is 2. The highest BCUT2D eigenvalue weighted by Crippen LogP contribution is 2.41. The van der Waals surface area contributed by atoms with E-state index in [4.69, 9.17) is 21.1 Å². The second-order valence-electron chi connectivity index (χ2n) is 3.73. The molecule has 1 aromatic carbocycles. The molecule has 0 fully saturated rings. The van der Waals surface area contributed by atoms with Crippen LogP contribution in [0.2, 0.25) is 5.02 Å². The smallest absolute Gasteiger partial charge is 0.351 e. The first kappa shape index (κ1) is 14.6. The van der Waals surface area contributed by atoms with Crippen LogP contribution in [-0.4, -0.2) is 32.8 Å². The fraction of sp³-hybridized carbons (Fsp3) is 0.231. The molecular weight excluding hydrogens is 304 g/mol. The summed E-state index contributed by atoms with van der Waals surface area (Å²) in [7, 11) is 2.54. The van der Waals surface area contributed by atoms with E-state index < -0.39 is 11.9 Å². The third kappa shape index (κ3) is 2.71. The lowest BCUT2D eigenvalue weighted by atomic mass is 10.2. The molecule has 0 aliphatic heterocycles. The maximum atomic E-state index is 11.8. The van der Waals surface area contributed by atoms with Crippen LogP contribution in [0.15, 0.2) is 18.2 Å². The monoisotopic (exact) mass is 314 g/mol. The maximum Gasteiger partial charge on any atom is 0.351 e. The molecule has 0 saturated carbocycles. The van der Waals surface area contributed by atoms with Crippen molar-refractivity contribution in [1.29, 1.82) is 0 Å². The molecule has 7 heteroatoms. The molecule has 5 nitrogen and oxygen atoms in total. The Labute approximate surface area is 124 Å². The van der Waals surface area contributed by atoms with Crippen molar-refractivity contribution in [2.45, 2.75) is 0 Å². The molecule has 0 saturated heterocycles. The molecule has 0 atom stereocenters. The summed E-state index contributed by atoms with van der Waals surface area (Å²) < 4.78 is 15.3. The zero-order valence-electron chi connectivity index (χ0n) is 10.8. The van der Waals surface area contributed by atoms with Gasteiger partial charge in [0.2, 0.25) is 0 Å². The molecule has 1 heterocycles. The predicted octanol–water partition coefficient (Wildman–Crippen LogP) is 2.89. The van der Waals surface area contributed by atoms with Crippen molar-refractivity contribution in [3.63, 3.8) is 0 Å². The fourth-order valence-electron chi connectivity index (χ4n) is 1.62. The summed E-state index contributed by atoms with van der Waals surface area (Å²) in [6, 6.07) is 5.21. The average molecular weight is 315 g/mol. The second kappa shape index (κ2) is 6.11.